The van der Waals surface area contributed by atoms with Gasteiger partial charge in [0.25, 0.3) is 0 Å². The zero-order chi connectivity index (χ0) is 8.39. The van der Waals surface area contributed by atoms with Gasteiger partial charge in [-0.3, -0.25) is 0 Å². The van der Waals surface area contributed by atoms with Crippen LogP contribution in [0.2, 0.25) is 0 Å². The maximum Gasteiger partial charge on any atom is 0.0509 e. The van der Waals surface area contributed by atoms with E-state index in [1.807, 2.05) is 11.3 Å². The molecule has 0 spiro atoms. The fourth-order valence-corrected chi connectivity index (χ4v) is 3.53. The Morgan fingerprint density at radius 2 is 2.50 bits per heavy atom. The minimum Gasteiger partial charge on any atom is -0.308 e. The molecule has 12 heavy (non-hydrogen) atoms. The van der Waals surface area contributed by atoms with Crippen LogP contribution in [0.4, 0.5) is 0 Å². The maximum atomic E-state index is 3.55. The summed E-state index contributed by atoms with van der Waals surface area (Å²) in [4.78, 5) is 1.53. The van der Waals surface area contributed by atoms with Crippen molar-refractivity contribution in [2.24, 2.45) is 0 Å². The normalized spacial score (nSPS) is 24.2. The second-order valence-electron chi connectivity index (χ2n) is 3.05. The zero-order valence-electron chi connectivity index (χ0n) is 7.17. The highest BCUT2D eigenvalue weighted by molar-refractivity contribution is 7.99. The molecule has 1 aliphatic heterocycles. The Hall–Kier alpha value is 0.01000. The molecule has 1 fully saturated rings. The summed E-state index contributed by atoms with van der Waals surface area (Å²) < 4.78 is 0. The van der Waals surface area contributed by atoms with Crippen molar-refractivity contribution >= 4 is 23.1 Å². The van der Waals surface area contributed by atoms with Crippen LogP contribution in [0.25, 0.3) is 0 Å². The van der Waals surface area contributed by atoms with Gasteiger partial charge in [0.2, 0.25) is 0 Å². The van der Waals surface area contributed by atoms with Gasteiger partial charge >= 0.3 is 0 Å². The van der Waals surface area contributed by atoms with Crippen LogP contribution in [0.5, 0.6) is 0 Å². The minimum atomic E-state index is 0.615. The summed E-state index contributed by atoms with van der Waals surface area (Å²) in [6.45, 7) is 3.36. The Labute approximate surface area is 81.6 Å². The summed E-state index contributed by atoms with van der Waals surface area (Å²) in [6.07, 6.45) is 0. The summed E-state index contributed by atoms with van der Waals surface area (Å²) in [5, 5.41) is 5.74. The van der Waals surface area contributed by atoms with Gasteiger partial charge in [-0.2, -0.15) is 11.8 Å². The van der Waals surface area contributed by atoms with Crippen LogP contribution < -0.4 is 5.32 Å². The van der Waals surface area contributed by atoms with Gasteiger partial charge in [-0.1, -0.05) is 0 Å². The Morgan fingerprint density at radius 3 is 3.08 bits per heavy atom. The molecule has 0 aromatic carbocycles. The van der Waals surface area contributed by atoms with Crippen LogP contribution >= 0.6 is 23.1 Å². The van der Waals surface area contributed by atoms with Crippen molar-refractivity contribution in [1.29, 1.82) is 0 Å². The molecule has 0 radical (unpaired) electrons. The predicted octanol–water partition coefficient (Wildman–Crippen LogP) is 2.43. The molecule has 1 aromatic rings. The number of rotatable bonds is 1. The van der Waals surface area contributed by atoms with Crippen molar-refractivity contribution in [3.05, 3.63) is 21.9 Å². The summed E-state index contributed by atoms with van der Waals surface area (Å²) in [7, 11) is 0. The molecule has 0 aliphatic carbocycles. The minimum absolute atomic E-state index is 0.615. The van der Waals surface area contributed by atoms with E-state index < -0.39 is 0 Å². The summed E-state index contributed by atoms with van der Waals surface area (Å²) in [5.74, 6) is 2.50. The Bertz CT molecular complexity index is 251. The van der Waals surface area contributed by atoms with Crippen molar-refractivity contribution < 1.29 is 0 Å². The molecular formula is C9H13NS2. The zero-order valence-corrected chi connectivity index (χ0v) is 8.80. The molecule has 1 atom stereocenters. The highest BCUT2D eigenvalue weighted by Gasteiger charge is 2.17. The van der Waals surface area contributed by atoms with E-state index >= 15 is 0 Å². The molecular weight excluding hydrogens is 186 g/mol. The van der Waals surface area contributed by atoms with Crippen LogP contribution in [0.3, 0.4) is 0 Å². The quantitative estimate of drug-likeness (QED) is 0.745. The third kappa shape index (κ3) is 1.68. The molecule has 1 aliphatic rings. The summed E-state index contributed by atoms with van der Waals surface area (Å²) >= 11 is 3.93. The first-order chi connectivity index (χ1) is 5.88. The van der Waals surface area contributed by atoms with Gasteiger partial charge in [0, 0.05) is 22.9 Å². The number of thiophene rings is 1. The number of hydrogen-bond acceptors (Lipinski definition) is 3. The number of nitrogens with one attached hydrogen (secondary N) is 1. The van der Waals surface area contributed by atoms with E-state index in [0.29, 0.717) is 6.04 Å². The molecule has 0 bridgehead atoms. The van der Waals surface area contributed by atoms with Crippen molar-refractivity contribution in [2.45, 2.75) is 13.0 Å². The van der Waals surface area contributed by atoms with Gasteiger partial charge < -0.3 is 5.32 Å². The monoisotopic (exact) mass is 199 g/mol. The molecule has 1 N–H and O–H groups in total. The number of thioether (sulfide) groups is 1. The van der Waals surface area contributed by atoms with E-state index in [1.165, 1.54) is 21.9 Å². The highest BCUT2D eigenvalue weighted by Crippen LogP contribution is 2.28. The molecule has 0 amide bonds. The lowest BCUT2D eigenvalue weighted by molar-refractivity contribution is 0.601. The molecule has 2 heterocycles. The molecule has 2 rings (SSSR count). The van der Waals surface area contributed by atoms with E-state index in [1.54, 1.807) is 0 Å². The molecule has 3 heteroatoms. The first-order valence-electron chi connectivity index (χ1n) is 4.23. The Morgan fingerprint density at radius 1 is 1.58 bits per heavy atom. The van der Waals surface area contributed by atoms with Crippen LogP contribution in [0, 0.1) is 6.92 Å². The molecule has 1 saturated heterocycles. The first-order valence-corrected chi connectivity index (χ1v) is 6.26. The SMILES string of the molecule is Cc1ccsc1C1CSCCN1. The molecule has 1 aromatic heterocycles. The lowest BCUT2D eigenvalue weighted by atomic mass is 10.2. The van der Waals surface area contributed by atoms with Gasteiger partial charge in [0.05, 0.1) is 6.04 Å². The third-order valence-electron chi connectivity index (χ3n) is 2.14. The van der Waals surface area contributed by atoms with Crippen molar-refractivity contribution in [1.82, 2.24) is 5.32 Å². The highest BCUT2D eigenvalue weighted by atomic mass is 32.2. The standard InChI is InChI=1S/C9H13NS2/c1-7-2-4-12-9(7)8-6-11-5-3-10-8/h2,4,8,10H,3,5-6H2,1H3. The lowest BCUT2D eigenvalue weighted by Crippen LogP contribution is -2.29. The molecule has 1 unspecified atom stereocenters. The van der Waals surface area contributed by atoms with Crippen molar-refractivity contribution in [3.8, 4) is 0 Å². The van der Waals surface area contributed by atoms with Crippen LogP contribution in [0.1, 0.15) is 16.5 Å². The van der Waals surface area contributed by atoms with E-state index in [9.17, 15) is 0 Å². The van der Waals surface area contributed by atoms with E-state index in [-0.39, 0.29) is 0 Å². The summed E-state index contributed by atoms with van der Waals surface area (Å²) in [5.41, 5.74) is 1.44. The topological polar surface area (TPSA) is 12.0 Å². The van der Waals surface area contributed by atoms with E-state index in [4.69, 9.17) is 0 Å². The number of hydrogen-bond donors (Lipinski definition) is 1. The van der Waals surface area contributed by atoms with Gasteiger partial charge in [0.15, 0.2) is 0 Å². The maximum absolute atomic E-state index is 3.55. The molecule has 1 nitrogen and oxygen atoms in total. The lowest BCUT2D eigenvalue weighted by Gasteiger charge is -2.22. The summed E-state index contributed by atoms with van der Waals surface area (Å²) in [6, 6.07) is 2.82. The number of aryl methyl sites for hydroxylation is 1. The Kier molecular flexibility index (Phi) is 2.73. The smallest absolute Gasteiger partial charge is 0.0509 e. The van der Waals surface area contributed by atoms with Gasteiger partial charge in [-0.25, -0.2) is 0 Å². The van der Waals surface area contributed by atoms with Crippen LogP contribution in [0.15, 0.2) is 11.4 Å². The van der Waals surface area contributed by atoms with Crippen molar-refractivity contribution in [3.63, 3.8) is 0 Å². The predicted molar refractivity (Wildman–Crippen MR) is 57.1 cm³/mol. The second-order valence-corrected chi connectivity index (χ2v) is 5.15. The van der Waals surface area contributed by atoms with E-state index in [0.717, 1.165) is 6.54 Å². The van der Waals surface area contributed by atoms with Crippen LogP contribution in [-0.2, 0) is 0 Å². The second kappa shape index (κ2) is 3.81. The Balaban J connectivity index is 2.13. The van der Waals surface area contributed by atoms with E-state index in [2.05, 4.69) is 35.4 Å². The fraction of sp³-hybridized carbons (Fsp3) is 0.556. The average molecular weight is 199 g/mol. The molecule has 0 saturated carbocycles. The fourth-order valence-electron chi connectivity index (χ4n) is 1.48. The van der Waals surface area contributed by atoms with Crippen molar-refractivity contribution in [2.75, 3.05) is 18.1 Å². The van der Waals surface area contributed by atoms with Gasteiger partial charge in [0.1, 0.15) is 0 Å². The van der Waals surface area contributed by atoms with Gasteiger partial charge in [-0.15, -0.1) is 11.3 Å². The van der Waals surface area contributed by atoms with Crippen LogP contribution in [-0.4, -0.2) is 18.1 Å². The largest absolute Gasteiger partial charge is 0.308 e. The average Bonchev–Trinajstić information content (AvgIpc) is 2.53. The van der Waals surface area contributed by atoms with Gasteiger partial charge in [-0.05, 0) is 23.9 Å². The third-order valence-corrected chi connectivity index (χ3v) is 4.33. The first kappa shape index (κ1) is 8.60. The molecule has 66 valence electrons.